The van der Waals surface area contributed by atoms with E-state index in [-0.39, 0.29) is 22.7 Å². The zero-order valence-corrected chi connectivity index (χ0v) is 20.6. The molecule has 0 radical (unpaired) electrons. The molecule has 37 heavy (non-hydrogen) atoms. The number of aromatic nitrogens is 2. The van der Waals surface area contributed by atoms with Crippen LogP contribution in [0.5, 0.6) is 0 Å². The highest BCUT2D eigenvalue weighted by atomic mass is 32.2. The fraction of sp³-hybridized carbons (Fsp3) is 0.154. The molecule has 0 spiro atoms. The lowest BCUT2D eigenvalue weighted by Crippen LogP contribution is -2.33. The quantitative estimate of drug-likeness (QED) is 0.384. The minimum absolute atomic E-state index is 0.000755. The van der Waals surface area contributed by atoms with Gasteiger partial charge in [-0.3, -0.25) is 14.2 Å². The van der Waals surface area contributed by atoms with Crippen molar-refractivity contribution in [3.05, 3.63) is 106 Å². The first kappa shape index (κ1) is 26.0. The second kappa shape index (κ2) is 9.74. The minimum atomic E-state index is -4.61. The summed E-state index contributed by atoms with van der Waals surface area (Å²) in [6.07, 6.45) is -0.236. The number of rotatable bonds is 6. The van der Waals surface area contributed by atoms with Crippen LogP contribution in [0, 0.1) is 6.92 Å². The number of hydrogen-bond acceptors (Lipinski definition) is 4. The van der Waals surface area contributed by atoms with Crippen molar-refractivity contribution < 1.29 is 26.4 Å². The smallest absolute Gasteiger partial charge is 0.367 e. The maximum atomic E-state index is 13.4. The van der Waals surface area contributed by atoms with E-state index in [9.17, 15) is 31.2 Å². The van der Waals surface area contributed by atoms with Gasteiger partial charge in [-0.25, -0.2) is 8.42 Å². The molecule has 0 atom stereocenters. The van der Waals surface area contributed by atoms with Crippen molar-refractivity contribution in [2.75, 3.05) is 6.26 Å². The van der Waals surface area contributed by atoms with Crippen LogP contribution in [0.4, 0.5) is 13.2 Å². The fourth-order valence-electron chi connectivity index (χ4n) is 3.91. The number of H-pyrrole nitrogens is 1. The Morgan fingerprint density at radius 1 is 1.05 bits per heavy atom. The number of hydrogen-bond donors (Lipinski definition) is 2. The van der Waals surface area contributed by atoms with E-state index in [4.69, 9.17) is 0 Å². The van der Waals surface area contributed by atoms with Crippen LogP contribution >= 0.6 is 0 Å². The summed E-state index contributed by atoms with van der Waals surface area (Å²) >= 11 is 0. The van der Waals surface area contributed by atoms with Crippen LogP contribution in [0.25, 0.3) is 16.8 Å². The van der Waals surface area contributed by atoms with Crippen LogP contribution in [-0.2, 0) is 22.6 Å². The summed E-state index contributed by atoms with van der Waals surface area (Å²) in [5.41, 5.74) is 0.0957. The van der Waals surface area contributed by atoms with Crippen LogP contribution in [0.2, 0.25) is 0 Å². The number of benzene rings is 2. The first-order chi connectivity index (χ1) is 17.4. The van der Waals surface area contributed by atoms with Gasteiger partial charge >= 0.3 is 6.18 Å². The zero-order chi connectivity index (χ0) is 27.0. The predicted octanol–water partition coefficient (Wildman–Crippen LogP) is 4.49. The Bertz CT molecular complexity index is 1620. The molecule has 0 bridgehead atoms. The fourth-order valence-corrected chi connectivity index (χ4v) is 4.54. The molecule has 4 rings (SSSR count). The molecule has 0 aliphatic heterocycles. The van der Waals surface area contributed by atoms with Crippen molar-refractivity contribution in [2.24, 2.45) is 0 Å². The Hall–Kier alpha value is -4.12. The molecular formula is C26H22F3N3O4S. The number of halogens is 3. The second-order valence-electron chi connectivity index (χ2n) is 8.44. The molecule has 2 heterocycles. The summed E-state index contributed by atoms with van der Waals surface area (Å²) in [6.45, 7) is 1.59. The molecule has 0 fully saturated rings. The third kappa shape index (κ3) is 5.51. The van der Waals surface area contributed by atoms with Crippen LogP contribution in [0.15, 0.2) is 82.7 Å². The Morgan fingerprint density at radius 3 is 2.35 bits per heavy atom. The molecule has 0 saturated carbocycles. The van der Waals surface area contributed by atoms with Gasteiger partial charge in [0.2, 0.25) is 0 Å². The molecule has 192 valence electrons. The van der Waals surface area contributed by atoms with E-state index in [2.05, 4.69) is 10.3 Å². The summed E-state index contributed by atoms with van der Waals surface area (Å²) < 4.78 is 64.4. The van der Waals surface area contributed by atoms with Crippen molar-refractivity contribution in [2.45, 2.75) is 24.5 Å². The number of nitrogens with zero attached hydrogens (tertiary/aromatic N) is 1. The molecule has 0 aliphatic rings. The number of aromatic amines is 1. The molecule has 1 amide bonds. The topological polar surface area (TPSA) is 101 Å². The van der Waals surface area contributed by atoms with Crippen molar-refractivity contribution in [1.82, 2.24) is 14.9 Å². The number of nitrogens with one attached hydrogen (secondary N) is 2. The monoisotopic (exact) mass is 529 g/mol. The summed E-state index contributed by atoms with van der Waals surface area (Å²) in [4.78, 5) is 29.5. The van der Waals surface area contributed by atoms with Gasteiger partial charge in [-0.15, -0.1) is 0 Å². The molecule has 2 aromatic heterocycles. The summed E-state index contributed by atoms with van der Waals surface area (Å²) in [6, 6.07) is 13.4. The average molecular weight is 530 g/mol. The minimum Gasteiger partial charge on any atom is -0.367 e. The maximum absolute atomic E-state index is 13.4. The number of carbonyl (C=O) groups is 1. The van der Waals surface area contributed by atoms with Crippen molar-refractivity contribution in [3.8, 4) is 16.8 Å². The highest BCUT2D eigenvalue weighted by molar-refractivity contribution is 7.90. The lowest BCUT2D eigenvalue weighted by Gasteiger charge is -2.17. The van der Waals surface area contributed by atoms with Crippen molar-refractivity contribution >= 4 is 15.7 Å². The molecule has 11 heteroatoms. The average Bonchev–Trinajstić information content (AvgIpc) is 3.37. The van der Waals surface area contributed by atoms with Gasteiger partial charge in [0.25, 0.3) is 11.5 Å². The molecule has 7 nitrogen and oxygen atoms in total. The number of carbonyl (C=O) groups excluding carboxylic acids is 1. The number of sulfone groups is 1. The molecule has 2 aromatic carbocycles. The summed E-state index contributed by atoms with van der Waals surface area (Å²) in [5, 5.41) is 2.63. The Kier molecular flexibility index (Phi) is 6.83. The molecule has 0 aliphatic carbocycles. The van der Waals surface area contributed by atoms with Crippen molar-refractivity contribution in [3.63, 3.8) is 0 Å². The third-order valence-corrected chi connectivity index (χ3v) is 6.97. The summed E-state index contributed by atoms with van der Waals surface area (Å²) in [7, 11) is -3.38. The van der Waals surface area contributed by atoms with E-state index < -0.39 is 33.0 Å². The van der Waals surface area contributed by atoms with Gasteiger partial charge in [0.1, 0.15) is 5.56 Å². The van der Waals surface area contributed by atoms with Gasteiger partial charge in [0.05, 0.1) is 10.5 Å². The van der Waals surface area contributed by atoms with Gasteiger partial charge in [-0.05, 0) is 55.0 Å². The normalized spacial score (nSPS) is 11.9. The molecule has 2 N–H and O–H groups in total. The Labute approximate surface area is 210 Å². The maximum Gasteiger partial charge on any atom is 0.416 e. The van der Waals surface area contributed by atoms with Gasteiger partial charge in [0.15, 0.2) is 9.84 Å². The number of amides is 1. The van der Waals surface area contributed by atoms with E-state index >= 15 is 0 Å². The van der Waals surface area contributed by atoms with E-state index in [1.165, 1.54) is 42.5 Å². The van der Waals surface area contributed by atoms with E-state index in [1.54, 1.807) is 25.4 Å². The van der Waals surface area contributed by atoms with Gasteiger partial charge in [-0.2, -0.15) is 13.2 Å². The molecular weight excluding hydrogens is 507 g/mol. The van der Waals surface area contributed by atoms with E-state index in [0.717, 1.165) is 23.0 Å². The van der Waals surface area contributed by atoms with Crippen LogP contribution in [-0.4, -0.2) is 30.1 Å². The molecule has 4 aromatic rings. The number of alkyl halides is 3. The Morgan fingerprint density at radius 2 is 1.76 bits per heavy atom. The first-order valence-corrected chi connectivity index (χ1v) is 12.9. The largest absolute Gasteiger partial charge is 0.416 e. The first-order valence-electron chi connectivity index (χ1n) is 11.0. The van der Waals surface area contributed by atoms with Crippen LogP contribution < -0.4 is 10.9 Å². The predicted molar refractivity (Wildman–Crippen MR) is 132 cm³/mol. The van der Waals surface area contributed by atoms with Gasteiger partial charge in [-0.1, -0.05) is 18.2 Å². The van der Waals surface area contributed by atoms with Crippen LogP contribution in [0.3, 0.4) is 0 Å². The number of pyridine rings is 1. The highest BCUT2D eigenvalue weighted by Crippen LogP contribution is 2.31. The van der Waals surface area contributed by atoms with Gasteiger partial charge in [0, 0.05) is 47.7 Å². The summed E-state index contributed by atoms with van der Waals surface area (Å²) in [5.74, 6) is -0.727. The third-order valence-electron chi connectivity index (χ3n) is 5.84. The standard InChI is InChI=1S/C26H22F3N3O4S/c1-16-22(18-10-11-30-15-18)13-23(24(33)31-14-17-6-8-21(9-7-17)37(2,35)36)25(34)32(16)20-5-3-4-19(12-20)26(27,28)29/h3-13,15,30H,14H2,1-2H3,(H,31,33). The molecule has 0 saturated heterocycles. The molecule has 0 unspecified atom stereocenters. The van der Waals surface area contributed by atoms with Gasteiger partial charge < -0.3 is 10.3 Å². The van der Waals surface area contributed by atoms with E-state index in [1.807, 2.05) is 0 Å². The lowest BCUT2D eigenvalue weighted by atomic mass is 10.0. The van der Waals surface area contributed by atoms with Crippen LogP contribution in [0.1, 0.15) is 27.2 Å². The Balaban J connectivity index is 1.75. The highest BCUT2D eigenvalue weighted by Gasteiger charge is 2.31. The van der Waals surface area contributed by atoms with E-state index in [0.29, 0.717) is 22.4 Å². The zero-order valence-electron chi connectivity index (χ0n) is 19.8. The SMILES string of the molecule is Cc1c(-c2cc[nH]c2)cc(C(=O)NCc2ccc(S(C)(=O)=O)cc2)c(=O)n1-c1cccc(C(F)(F)F)c1. The van der Waals surface area contributed by atoms with Crippen molar-refractivity contribution in [1.29, 1.82) is 0 Å². The lowest BCUT2D eigenvalue weighted by molar-refractivity contribution is -0.137. The second-order valence-corrected chi connectivity index (χ2v) is 10.5.